The van der Waals surface area contributed by atoms with Crippen LogP contribution >= 0.6 is 15.9 Å². The zero-order valence-electron chi connectivity index (χ0n) is 11.9. The van der Waals surface area contributed by atoms with E-state index >= 15 is 0 Å². The van der Waals surface area contributed by atoms with E-state index in [0.717, 1.165) is 4.47 Å². The second kappa shape index (κ2) is 7.03. The lowest BCUT2D eigenvalue weighted by molar-refractivity contribution is -0.172. The molecule has 1 atom stereocenters. The number of amides is 1. The minimum absolute atomic E-state index is 0.0661. The number of methoxy groups -OCH3 is 1. The highest BCUT2D eigenvalue weighted by atomic mass is 79.9. The Hall–Kier alpha value is -2.03. The van der Waals surface area contributed by atoms with Gasteiger partial charge in [-0.25, -0.2) is 4.98 Å². The number of hydrogen-bond acceptors (Lipinski definition) is 4. The van der Waals surface area contributed by atoms with E-state index in [1.807, 2.05) is 5.32 Å². The third kappa shape index (κ3) is 4.72. The predicted octanol–water partition coefficient (Wildman–Crippen LogP) is 3.12. The fourth-order valence-corrected chi connectivity index (χ4v) is 2.15. The number of aromatic nitrogens is 1. The van der Waals surface area contributed by atoms with E-state index in [1.165, 1.54) is 13.2 Å². The van der Waals surface area contributed by atoms with Crippen molar-refractivity contribution in [1.29, 1.82) is 0 Å². The summed E-state index contributed by atoms with van der Waals surface area (Å²) in [5.41, 5.74) is 0.0661. The first-order valence-corrected chi connectivity index (χ1v) is 7.31. The second-order valence-electron chi connectivity index (χ2n) is 4.66. The fraction of sp³-hybridized carbons (Fsp3) is 0.286. The maximum Gasteiger partial charge on any atom is 0.471 e. The van der Waals surface area contributed by atoms with Gasteiger partial charge in [0.25, 0.3) is 0 Å². The molecule has 1 aliphatic rings. The normalized spacial score (nSPS) is 17.9. The number of halogens is 4. The minimum Gasteiger partial charge on any atom is -0.497 e. The zero-order chi connectivity index (χ0) is 17.0. The molecule has 1 aromatic heterocycles. The molecule has 0 fully saturated rings. The number of pyridine rings is 1. The highest BCUT2D eigenvalue weighted by Gasteiger charge is 2.40. The molecular weight excluding hydrogens is 379 g/mol. The van der Waals surface area contributed by atoms with Crippen molar-refractivity contribution in [3.8, 4) is 0 Å². The molecule has 0 radical (unpaired) electrons. The number of anilines is 1. The number of ether oxygens (including phenoxy) is 1. The van der Waals surface area contributed by atoms with Crippen LogP contribution in [-0.4, -0.2) is 30.2 Å². The van der Waals surface area contributed by atoms with Gasteiger partial charge in [0.05, 0.1) is 13.2 Å². The molecule has 1 aromatic rings. The number of carbonyl (C=O) groups excluding carboxylic acids is 1. The van der Waals surface area contributed by atoms with Crippen LogP contribution in [0.5, 0.6) is 0 Å². The first-order chi connectivity index (χ1) is 10.8. The van der Waals surface area contributed by atoms with Gasteiger partial charge < -0.3 is 15.4 Å². The Morgan fingerprint density at radius 2 is 2.17 bits per heavy atom. The van der Waals surface area contributed by atoms with Crippen LogP contribution in [0.4, 0.5) is 19.0 Å². The van der Waals surface area contributed by atoms with Gasteiger partial charge in [-0.1, -0.05) is 0 Å². The SMILES string of the molecule is COC1=CCC(Nc2ccc(Br)cn2)C(NC(=O)C(F)(F)F)=C1. The van der Waals surface area contributed by atoms with Crippen molar-refractivity contribution in [3.63, 3.8) is 0 Å². The van der Waals surface area contributed by atoms with Gasteiger partial charge in [-0.2, -0.15) is 13.2 Å². The monoisotopic (exact) mass is 391 g/mol. The molecule has 124 valence electrons. The first-order valence-electron chi connectivity index (χ1n) is 6.51. The maximum absolute atomic E-state index is 12.5. The summed E-state index contributed by atoms with van der Waals surface area (Å²) in [5, 5.41) is 4.86. The molecule has 0 bridgehead atoms. The standard InChI is InChI=1S/C14H13BrF3N3O2/c1-23-9-3-4-10(20-12-5-2-8(15)7-19-12)11(6-9)21-13(22)14(16,17)18/h2-3,5-7,10H,4H2,1H3,(H,19,20)(H,21,22). The maximum atomic E-state index is 12.5. The lowest BCUT2D eigenvalue weighted by atomic mass is 10.0. The van der Waals surface area contributed by atoms with Crippen molar-refractivity contribution >= 4 is 27.7 Å². The van der Waals surface area contributed by atoms with Gasteiger partial charge in [-0.05, 0) is 40.6 Å². The van der Waals surface area contributed by atoms with E-state index in [2.05, 4.69) is 26.2 Å². The number of nitrogens with one attached hydrogen (secondary N) is 2. The van der Waals surface area contributed by atoms with Crippen LogP contribution in [0.1, 0.15) is 6.42 Å². The van der Waals surface area contributed by atoms with Gasteiger partial charge in [-0.15, -0.1) is 0 Å². The van der Waals surface area contributed by atoms with Gasteiger partial charge in [0.2, 0.25) is 0 Å². The summed E-state index contributed by atoms with van der Waals surface area (Å²) in [6, 6.07) is 2.85. The topological polar surface area (TPSA) is 63.2 Å². The molecule has 0 aromatic carbocycles. The predicted molar refractivity (Wildman–Crippen MR) is 81.3 cm³/mol. The van der Waals surface area contributed by atoms with Crippen LogP contribution < -0.4 is 10.6 Å². The Balaban J connectivity index is 2.17. The Morgan fingerprint density at radius 3 is 2.74 bits per heavy atom. The second-order valence-corrected chi connectivity index (χ2v) is 5.57. The van der Waals surface area contributed by atoms with Crippen LogP contribution in [0.25, 0.3) is 0 Å². The summed E-state index contributed by atoms with van der Waals surface area (Å²) in [7, 11) is 1.40. The van der Waals surface area contributed by atoms with Crippen molar-refractivity contribution in [2.45, 2.75) is 18.6 Å². The third-order valence-corrected chi connectivity index (χ3v) is 3.50. The van der Waals surface area contributed by atoms with Crippen LogP contribution in [0.2, 0.25) is 0 Å². The van der Waals surface area contributed by atoms with Crippen molar-refractivity contribution in [1.82, 2.24) is 10.3 Å². The summed E-state index contributed by atoms with van der Waals surface area (Å²) < 4.78 is 43.2. The third-order valence-electron chi connectivity index (χ3n) is 3.03. The molecule has 2 rings (SSSR count). The van der Waals surface area contributed by atoms with E-state index in [-0.39, 0.29) is 5.70 Å². The van der Waals surface area contributed by atoms with E-state index in [4.69, 9.17) is 4.74 Å². The summed E-state index contributed by atoms with van der Waals surface area (Å²) in [4.78, 5) is 15.3. The van der Waals surface area contributed by atoms with E-state index in [0.29, 0.717) is 18.0 Å². The number of alkyl halides is 3. The highest BCUT2D eigenvalue weighted by molar-refractivity contribution is 9.10. The molecule has 0 spiro atoms. The zero-order valence-corrected chi connectivity index (χ0v) is 13.5. The van der Waals surface area contributed by atoms with Crippen molar-refractivity contribution in [2.75, 3.05) is 12.4 Å². The molecule has 1 unspecified atom stereocenters. The molecule has 1 heterocycles. The average molecular weight is 392 g/mol. The van der Waals surface area contributed by atoms with Crippen LogP contribution in [0.3, 0.4) is 0 Å². The van der Waals surface area contributed by atoms with Gasteiger partial charge in [0.1, 0.15) is 11.6 Å². The largest absolute Gasteiger partial charge is 0.497 e. The average Bonchev–Trinajstić information content (AvgIpc) is 2.50. The Morgan fingerprint density at radius 1 is 1.43 bits per heavy atom. The van der Waals surface area contributed by atoms with Crippen LogP contribution in [0.15, 0.2) is 46.4 Å². The Labute approximate surface area is 138 Å². The lowest BCUT2D eigenvalue weighted by Crippen LogP contribution is -2.42. The summed E-state index contributed by atoms with van der Waals surface area (Å²) in [6.07, 6.45) is -0.0107. The van der Waals surface area contributed by atoms with Crippen molar-refractivity contribution in [3.05, 3.63) is 46.4 Å². The van der Waals surface area contributed by atoms with Crippen molar-refractivity contribution in [2.24, 2.45) is 0 Å². The molecule has 1 amide bonds. The van der Waals surface area contributed by atoms with Crippen LogP contribution in [0, 0.1) is 0 Å². The lowest BCUT2D eigenvalue weighted by Gasteiger charge is -2.25. The van der Waals surface area contributed by atoms with E-state index in [1.54, 1.807) is 24.4 Å². The highest BCUT2D eigenvalue weighted by Crippen LogP contribution is 2.23. The quantitative estimate of drug-likeness (QED) is 0.827. The summed E-state index contributed by atoms with van der Waals surface area (Å²) in [5.74, 6) is -1.18. The van der Waals surface area contributed by atoms with Gasteiger partial charge >= 0.3 is 12.1 Å². The molecule has 1 aliphatic carbocycles. The Kier molecular flexibility index (Phi) is 5.30. The number of hydrogen-bond donors (Lipinski definition) is 2. The number of nitrogens with zero attached hydrogens (tertiary/aromatic N) is 1. The smallest absolute Gasteiger partial charge is 0.471 e. The van der Waals surface area contributed by atoms with Gasteiger partial charge in [0, 0.05) is 22.4 Å². The summed E-state index contributed by atoms with van der Waals surface area (Å²) in [6.45, 7) is 0. The number of rotatable bonds is 4. The van der Waals surface area contributed by atoms with Crippen molar-refractivity contribution < 1.29 is 22.7 Å². The molecule has 5 nitrogen and oxygen atoms in total. The number of allylic oxidation sites excluding steroid dienone is 1. The molecule has 9 heteroatoms. The molecule has 23 heavy (non-hydrogen) atoms. The molecule has 0 saturated carbocycles. The number of carbonyl (C=O) groups is 1. The van der Waals surface area contributed by atoms with E-state index < -0.39 is 18.1 Å². The molecular formula is C14H13BrF3N3O2. The summed E-state index contributed by atoms with van der Waals surface area (Å²) >= 11 is 3.24. The molecule has 0 aliphatic heterocycles. The molecule has 0 saturated heterocycles. The fourth-order valence-electron chi connectivity index (χ4n) is 1.92. The first kappa shape index (κ1) is 17.3. The van der Waals surface area contributed by atoms with Gasteiger partial charge in [-0.3, -0.25) is 4.79 Å². The van der Waals surface area contributed by atoms with Crippen LogP contribution in [-0.2, 0) is 9.53 Å². The van der Waals surface area contributed by atoms with Gasteiger partial charge in [0.15, 0.2) is 0 Å². The minimum atomic E-state index is -4.96. The Bertz CT molecular complexity index is 642. The van der Waals surface area contributed by atoms with E-state index in [9.17, 15) is 18.0 Å². The molecule has 2 N–H and O–H groups in total.